The van der Waals surface area contributed by atoms with Gasteiger partial charge in [-0.25, -0.2) is 4.79 Å². The molecule has 0 bridgehead atoms. The molecule has 0 heterocycles. The summed E-state index contributed by atoms with van der Waals surface area (Å²) >= 11 is 0. The van der Waals surface area contributed by atoms with Crippen LogP contribution in [0, 0.1) is 17.8 Å². The summed E-state index contributed by atoms with van der Waals surface area (Å²) in [5.41, 5.74) is 5.92. The smallest absolute Gasteiger partial charge is 0.328 e. The second kappa shape index (κ2) is 25.7. The van der Waals surface area contributed by atoms with Crippen molar-refractivity contribution in [1.29, 1.82) is 0 Å². The van der Waals surface area contributed by atoms with E-state index >= 15 is 0 Å². The van der Waals surface area contributed by atoms with Crippen LogP contribution in [-0.2, 0) is 38.4 Å². The molecular formula is C35H64N8O14. The van der Waals surface area contributed by atoms with Crippen LogP contribution in [0.3, 0.4) is 0 Å². The van der Waals surface area contributed by atoms with Gasteiger partial charge < -0.3 is 73.6 Å². The van der Waals surface area contributed by atoms with Gasteiger partial charge in [0, 0.05) is 0 Å². The number of hydrogen-bond donors (Lipinski definition) is 14. The number of nitrogens with two attached hydrogens (primary N) is 1. The molecule has 0 aliphatic heterocycles. The van der Waals surface area contributed by atoms with Crippen LogP contribution in [0.5, 0.6) is 0 Å². The van der Waals surface area contributed by atoms with Crippen molar-refractivity contribution in [2.24, 2.45) is 23.5 Å². The summed E-state index contributed by atoms with van der Waals surface area (Å²) < 4.78 is 0. The zero-order chi connectivity index (χ0) is 44.3. The van der Waals surface area contributed by atoms with Crippen molar-refractivity contribution in [3.63, 3.8) is 0 Å². The van der Waals surface area contributed by atoms with Gasteiger partial charge in [-0.05, 0) is 44.4 Å². The molecule has 0 aliphatic rings. The maximum Gasteiger partial charge on any atom is 0.328 e. The summed E-state index contributed by atoms with van der Waals surface area (Å²) in [4.78, 5) is 103. The number of carbonyl (C=O) groups is 8. The first kappa shape index (κ1) is 52.5. The van der Waals surface area contributed by atoms with Crippen molar-refractivity contribution in [1.82, 2.24) is 37.2 Å². The van der Waals surface area contributed by atoms with Gasteiger partial charge in [0.1, 0.15) is 42.3 Å². The number of aliphatic carboxylic acids is 1. The van der Waals surface area contributed by atoms with Gasteiger partial charge >= 0.3 is 5.97 Å². The quantitative estimate of drug-likeness (QED) is 0.0388. The predicted molar refractivity (Wildman–Crippen MR) is 202 cm³/mol. The fraction of sp³-hybridized carbons (Fsp3) is 0.771. The fourth-order valence-corrected chi connectivity index (χ4v) is 5.23. The van der Waals surface area contributed by atoms with Crippen LogP contribution < -0.4 is 43.0 Å². The van der Waals surface area contributed by atoms with E-state index in [-0.39, 0.29) is 18.3 Å². The highest BCUT2D eigenvalue weighted by molar-refractivity contribution is 5.98. The van der Waals surface area contributed by atoms with Crippen molar-refractivity contribution < 1.29 is 69.0 Å². The Morgan fingerprint density at radius 3 is 1.19 bits per heavy atom. The second-order valence-electron chi connectivity index (χ2n) is 14.8. The Balaban J connectivity index is 5.99. The number of carboxylic acids is 1. The van der Waals surface area contributed by atoms with Crippen molar-refractivity contribution in [2.45, 2.75) is 135 Å². The minimum absolute atomic E-state index is 0.0182. The molecule has 0 aliphatic carbocycles. The molecule has 15 N–H and O–H groups in total. The summed E-state index contributed by atoms with van der Waals surface area (Å²) in [5.74, 6) is -9.41. The second-order valence-corrected chi connectivity index (χ2v) is 14.8. The number of aliphatic hydroxyl groups excluding tert-OH is 5. The number of aliphatic hydroxyl groups is 5. The highest BCUT2D eigenvalue weighted by Crippen LogP contribution is 2.11. The zero-order valence-corrected chi connectivity index (χ0v) is 33.8. The molecule has 0 radical (unpaired) electrons. The normalized spacial score (nSPS) is 17.2. The number of rotatable bonds is 26. The molecule has 22 nitrogen and oxygen atoms in total. The molecule has 0 fully saturated rings. The van der Waals surface area contributed by atoms with Gasteiger partial charge in [-0.1, -0.05) is 48.0 Å². The third-order valence-corrected chi connectivity index (χ3v) is 8.75. The van der Waals surface area contributed by atoms with Gasteiger partial charge in [0.25, 0.3) is 0 Å². The summed E-state index contributed by atoms with van der Waals surface area (Å²) in [7, 11) is 0. The lowest BCUT2D eigenvalue weighted by atomic mass is 9.96. The molecule has 0 saturated carbocycles. The van der Waals surface area contributed by atoms with Crippen LogP contribution in [0.4, 0.5) is 0 Å². The van der Waals surface area contributed by atoms with Crippen LogP contribution in [-0.4, -0.2) is 158 Å². The van der Waals surface area contributed by atoms with Gasteiger partial charge in [0.2, 0.25) is 41.4 Å². The SMILES string of the molecule is CC[C@H](C)[C@H](NC(=O)[C@@H](NC(=O)[C@@H](N)CC(C)C)[C@@H](C)O)C(=O)N[C@H](C(=O)N[C@@H](CO)C(=O)N[C@@H](CO)C(=O)N[C@@H](CC(C)C)C(=O)N[C@@H](CO)C(=O)O)[C@@H](C)O. The standard InChI is InChI=1S/C35H64N8O14/c1-9-17(6)25(41-34(55)27(19(8)48)42-28(49)20(36)10-15(2)3)32(53)43-26(18(7)47)33(54)39-23(13-45)31(52)38-22(12-44)30(51)37-21(11-16(4)5)29(50)40-24(14-46)35(56)57/h15-27,44-48H,9-14,36H2,1-8H3,(H,37,51)(H,38,52)(H,39,54)(H,40,50)(H,41,55)(H,42,49)(H,43,53)(H,56,57)/t17-,18+,19+,20-,21-,22-,23-,24-,25-,26-,27-/m0/s1. The van der Waals surface area contributed by atoms with E-state index in [9.17, 15) is 63.9 Å². The molecule has 328 valence electrons. The third-order valence-electron chi connectivity index (χ3n) is 8.75. The molecule has 0 saturated heterocycles. The zero-order valence-electron chi connectivity index (χ0n) is 33.8. The van der Waals surface area contributed by atoms with E-state index in [1.165, 1.54) is 6.92 Å². The molecular weight excluding hydrogens is 756 g/mol. The van der Waals surface area contributed by atoms with Gasteiger partial charge in [0.15, 0.2) is 0 Å². The van der Waals surface area contributed by atoms with E-state index in [4.69, 9.17) is 10.8 Å². The van der Waals surface area contributed by atoms with E-state index in [0.29, 0.717) is 12.8 Å². The molecule has 0 rings (SSSR count). The molecule has 22 heteroatoms. The van der Waals surface area contributed by atoms with E-state index in [1.54, 1.807) is 27.7 Å². The first-order valence-corrected chi connectivity index (χ1v) is 18.7. The summed E-state index contributed by atoms with van der Waals surface area (Å²) in [6.45, 7) is 9.68. The Hall–Kier alpha value is -4.48. The highest BCUT2D eigenvalue weighted by Gasteiger charge is 2.37. The Kier molecular flexibility index (Phi) is 23.7. The lowest BCUT2D eigenvalue weighted by Crippen LogP contribution is -2.63. The predicted octanol–water partition coefficient (Wildman–Crippen LogP) is -5.33. The maximum absolute atomic E-state index is 13.5. The van der Waals surface area contributed by atoms with E-state index in [2.05, 4.69) is 37.2 Å². The Labute approximate surface area is 331 Å². The number of hydrogen-bond acceptors (Lipinski definition) is 14. The molecule has 0 unspecified atom stereocenters. The Bertz CT molecular complexity index is 1360. The largest absolute Gasteiger partial charge is 0.480 e. The van der Waals surface area contributed by atoms with E-state index in [0.717, 1.165) is 6.92 Å². The topological polar surface area (TPSA) is 368 Å². The van der Waals surface area contributed by atoms with Crippen molar-refractivity contribution in [2.75, 3.05) is 19.8 Å². The first-order chi connectivity index (χ1) is 26.4. The fourth-order valence-electron chi connectivity index (χ4n) is 5.23. The van der Waals surface area contributed by atoms with Crippen molar-refractivity contribution >= 4 is 47.3 Å². The monoisotopic (exact) mass is 820 g/mol. The molecule has 7 amide bonds. The van der Waals surface area contributed by atoms with Crippen LogP contribution in [0.25, 0.3) is 0 Å². The lowest BCUT2D eigenvalue weighted by Gasteiger charge is -2.30. The average molecular weight is 821 g/mol. The molecule has 11 atom stereocenters. The van der Waals surface area contributed by atoms with Crippen LogP contribution in [0.15, 0.2) is 0 Å². The van der Waals surface area contributed by atoms with Crippen LogP contribution in [0.1, 0.15) is 74.7 Å². The molecule has 0 aromatic carbocycles. The van der Waals surface area contributed by atoms with E-state index in [1.807, 2.05) is 13.8 Å². The van der Waals surface area contributed by atoms with Crippen molar-refractivity contribution in [3.8, 4) is 0 Å². The molecule has 0 aromatic rings. The molecule has 57 heavy (non-hydrogen) atoms. The minimum atomic E-state index is -1.82. The Morgan fingerprint density at radius 2 is 0.807 bits per heavy atom. The van der Waals surface area contributed by atoms with Crippen molar-refractivity contribution in [3.05, 3.63) is 0 Å². The highest BCUT2D eigenvalue weighted by atomic mass is 16.4. The van der Waals surface area contributed by atoms with Gasteiger partial charge in [-0.3, -0.25) is 33.6 Å². The van der Waals surface area contributed by atoms with Gasteiger partial charge in [-0.2, -0.15) is 0 Å². The molecule has 0 spiro atoms. The van der Waals surface area contributed by atoms with Gasteiger partial charge in [-0.15, -0.1) is 0 Å². The molecule has 0 aromatic heterocycles. The summed E-state index contributed by atoms with van der Waals surface area (Å²) in [6, 6.07) is -12.3. The lowest BCUT2D eigenvalue weighted by molar-refractivity contribution is -0.143. The average Bonchev–Trinajstić information content (AvgIpc) is 3.12. The van der Waals surface area contributed by atoms with Crippen LogP contribution in [0.2, 0.25) is 0 Å². The number of carboxylic acid groups (broad SMARTS) is 1. The van der Waals surface area contributed by atoms with Gasteiger partial charge in [0.05, 0.1) is 38.1 Å². The third kappa shape index (κ3) is 18.1. The first-order valence-electron chi connectivity index (χ1n) is 18.7. The number of carbonyl (C=O) groups excluding carboxylic acids is 7. The Morgan fingerprint density at radius 1 is 0.474 bits per heavy atom. The van der Waals surface area contributed by atoms with E-state index < -0.39 is 134 Å². The number of nitrogens with one attached hydrogen (secondary N) is 7. The summed E-state index contributed by atoms with van der Waals surface area (Å²) in [6.07, 6.45) is -2.45. The maximum atomic E-state index is 13.5. The van der Waals surface area contributed by atoms with Crippen LogP contribution >= 0.6 is 0 Å². The number of amides is 7. The summed E-state index contributed by atoms with van der Waals surface area (Å²) in [5, 5.41) is 74.8. The minimum Gasteiger partial charge on any atom is -0.480 e.